The number of ketones is 1. The van der Waals surface area contributed by atoms with Gasteiger partial charge in [0, 0.05) is 26.1 Å². The second-order valence-corrected chi connectivity index (χ2v) is 5.78. The molecule has 1 aromatic rings. The number of piperidine rings is 1. The van der Waals surface area contributed by atoms with E-state index >= 15 is 0 Å². The van der Waals surface area contributed by atoms with Crippen LogP contribution >= 0.6 is 11.3 Å². The molecule has 1 atom stereocenters. The van der Waals surface area contributed by atoms with Gasteiger partial charge in [-0.05, 0) is 26.9 Å². The molecule has 0 aromatic carbocycles. The summed E-state index contributed by atoms with van der Waals surface area (Å²) >= 11 is 1.51. The van der Waals surface area contributed by atoms with Crippen LogP contribution in [0.25, 0.3) is 0 Å². The number of aromatic nitrogens is 1. The zero-order valence-corrected chi connectivity index (χ0v) is 11.5. The fraction of sp³-hybridized carbons (Fsp3) is 0.667. The van der Waals surface area contributed by atoms with Gasteiger partial charge in [0.15, 0.2) is 10.9 Å². The molecule has 0 aliphatic carbocycles. The van der Waals surface area contributed by atoms with E-state index in [9.17, 15) is 4.79 Å². The van der Waals surface area contributed by atoms with Crippen molar-refractivity contribution >= 4 is 22.3 Å². The zero-order valence-electron chi connectivity index (χ0n) is 10.6. The molecule has 0 spiro atoms. The summed E-state index contributed by atoms with van der Waals surface area (Å²) in [6, 6.07) is 0.591. The number of likely N-dealkylation sites (N-methyl/N-ethyl adjacent to an activating group) is 1. The van der Waals surface area contributed by atoms with Gasteiger partial charge in [0.1, 0.15) is 0 Å². The summed E-state index contributed by atoms with van der Waals surface area (Å²) in [4.78, 5) is 20.9. The van der Waals surface area contributed by atoms with Crippen molar-refractivity contribution in [1.82, 2.24) is 9.88 Å². The van der Waals surface area contributed by atoms with Gasteiger partial charge in [-0.15, -0.1) is 0 Å². The van der Waals surface area contributed by atoms with Gasteiger partial charge >= 0.3 is 0 Å². The minimum Gasteiger partial charge on any atom is -0.347 e. The fourth-order valence-electron chi connectivity index (χ4n) is 2.12. The molecule has 1 fully saturated rings. The van der Waals surface area contributed by atoms with E-state index in [-0.39, 0.29) is 5.78 Å². The number of carbonyl (C=O) groups is 1. The lowest BCUT2D eigenvalue weighted by Crippen LogP contribution is -2.45. The van der Waals surface area contributed by atoms with Gasteiger partial charge < -0.3 is 9.80 Å². The molecule has 0 amide bonds. The van der Waals surface area contributed by atoms with Crippen LogP contribution in [-0.2, 0) is 0 Å². The Bertz CT molecular complexity index is 402. The molecule has 1 aliphatic rings. The van der Waals surface area contributed by atoms with E-state index in [4.69, 9.17) is 0 Å². The van der Waals surface area contributed by atoms with Crippen molar-refractivity contribution in [2.45, 2.75) is 25.8 Å². The molecule has 17 heavy (non-hydrogen) atoms. The zero-order chi connectivity index (χ0) is 12.4. The van der Waals surface area contributed by atoms with E-state index in [2.05, 4.69) is 28.9 Å². The van der Waals surface area contributed by atoms with Gasteiger partial charge in [-0.1, -0.05) is 11.3 Å². The maximum atomic E-state index is 11.3. The first kappa shape index (κ1) is 12.5. The third-order valence-electron chi connectivity index (χ3n) is 3.24. The number of nitrogens with zero attached hydrogens (tertiary/aromatic N) is 3. The standard InChI is InChI=1S/C12H19N3OS/c1-9(16)11-7-13-12(17-11)15-6-4-5-10(8-15)14(2)3/h7,10H,4-6,8H2,1-3H3. The van der Waals surface area contributed by atoms with Gasteiger partial charge in [0.25, 0.3) is 0 Å². The van der Waals surface area contributed by atoms with Crippen molar-refractivity contribution in [3.05, 3.63) is 11.1 Å². The third-order valence-corrected chi connectivity index (χ3v) is 4.40. The first-order valence-corrected chi connectivity index (χ1v) is 6.77. The van der Waals surface area contributed by atoms with E-state index in [1.165, 1.54) is 24.2 Å². The molecule has 0 N–H and O–H groups in total. The number of thiazole rings is 1. The van der Waals surface area contributed by atoms with Crippen molar-refractivity contribution < 1.29 is 4.79 Å². The largest absolute Gasteiger partial charge is 0.347 e. The fourth-order valence-corrected chi connectivity index (χ4v) is 2.97. The van der Waals surface area contributed by atoms with Gasteiger partial charge in [-0.25, -0.2) is 4.98 Å². The van der Waals surface area contributed by atoms with Crippen LogP contribution in [0.3, 0.4) is 0 Å². The van der Waals surface area contributed by atoms with Gasteiger partial charge in [0.05, 0.1) is 11.1 Å². The monoisotopic (exact) mass is 253 g/mol. The van der Waals surface area contributed by atoms with Gasteiger partial charge in [0.2, 0.25) is 0 Å². The summed E-state index contributed by atoms with van der Waals surface area (Å²) < 4.78 is 0. The third kappa shape index (κ3) is 2.84. The van der Waals surface area contributed by atoms with Crippen molar-refractivity contribution in [2.24, 2.45) is 0 Å². The van der Waals surface area contributed by atoms with Crippen LogP contribution in [0, 0.1) is 0 Å². The SMILES string of the molecule is CC(=O)c1cnc(N2CCCC(N(C)C)C2)s1. The lowest BCUT2D eigenvalue weighted by atomic mass is 10.1. The Morgan fingerprint density at radius 3 is 2.94 bits per heavy atom. The molecule has 2 rings (SSSR count). The minimum atomic E-state index is 0.106. The van der Waals surface area contributed by atoms with Crippen LogP contribution in [0.5, 0.6) is 0 Å². The molecule has 4 nitrogen and oxygen atoms in total. The topological polar surface area (TPSA) is 36.4 Å². The Balaban J connectivity index is 2.08. The lowest BCUT2D eigenvalue weighted by Gasteiger charge is -2.35. The Labute approximate surface area is 106 Å². The summed E-state index contributed by atoms with van der Waals surface area (Å²) in [5.41, 5.74) is 0. The quantitative estimate of drug-likeness (QED) is 0.771. The highest BCUT2D eigenvalue weighted by Crippen LogP contribution is 2.26. The van der Waals surface area contributed by atoms with Crippen molar-refractivity contribution in [2.75, 3.05) is 32.1 Å². The molecule has 2 heterocycles. The molecule has 1 saturated heterocycles. The minimum absolute atomic E-state index is 0.106. The smallest absolute Gasteiger partial charge is 0.185 e. The Kier molecular flexibility index (Phi) is 3.79. The molecular formula is C12H19N3OS. The summed E-state index contributed by atoms with van der Waals surface area (Å²) in [6.45, 7) is 3.66. The maximum absolute atomic E-state index is 11.3. The Morgan fingerprint density at radius 2 is 2.35 bits per heavy atom. The molecule has 1 unspecified atom stereocenters. The molecule has 5 heteroatoms. The first-order valence-electron chi connectivity index (χ1n) is 5.96. The van der Waals surface area contributed by atoms with Crippen LogP contribution < -0.4 is 4.90 Å². The number of Topliss-reactive ketones (excluding diaryl/α,β-unsaturated/α-hetero) is 1. The number of carbonyl (C=O) groups excluding carboxylic acids is 1. The number of anilines is 1. The molecule has 94 valence electrons. The van der Waals surface area contributed by atoms with Crippen molar-refractivity contribution in [3.8, 4) is 0 Å². The molecule has 1 aromatic heterocycles. The lowest BCUT2D eigenvalue weighted by molar-refractivity contribution is 0.102. The first-order chi connectivity index (χ1) is 8.08. The molecule has 0 bridgehead atoms. The van der Waals surface area contributed by atoms with Crippen molar-refractivity contribution in [1.29, 1.82) is 0 Å². The van der Waals surface area contributed by atoms with Crippen LogP contribution in [0.15, 0.2) is 6.20 Å². The predicted octanol–water partition coefficient (Wildman–Crippen LogP) is 1.88. The second-order valence-electron chi connectivity index (χ2n) is 4.77. The highest BCUT2D eigenvalue weighted by Gasteiger charge is 2.23. The van der Waals surface area contributed by atoms with Crippen LogP contribution in [0.2, 0.25) is 0 Å². The van der Waals surface area contributed by atoms with Crippen LogP contribution in [-0.4, -0.2) is 48.9 Å². The highest BCUT2D eigenvalue weighted by atomic mass is 32.1. The van der Waals surface area contributed by atoms with E-state index < -0.39 is 0 Å². The average molecular weight is 253 g/mol. The van der Waals surface area contributed by atoms with Crippen LogP contribution in [0.4, 0.5) is 5.13 Å². The van der Waals surface area contributed by atoms with E-state index in [0.29, 0.717) is 6.04 Å². The van der Waals surface area contributed by atoms with Crippen LogP contribution in [0.1, 0.15) is 29.4 Å². The van der Waals surface area contributed by atoms with Crippen molar-refractivity contribution in [3.63, 3.8) is 0 Å². The van der Waals surface area contributed by atoms with E-state index in [0.717, 1.165) is 23.1 Å². The summed E-state index contributed by atoms with van der Waals surface area (Å²) in [7, 11) is 4.24. The number of hydrogen-bond donors (Lipinski definition) is 0. The number of hydrogen-bond acceptors (Lipinski definition) is 5. The maximum Gasteiger partial charge on any atom is 0.185 e. The second kappa shape index (κ2) is 5.14. The van der Waals surface area contributed by atoms with E-state index in [1.807, 2.05) is 0 Å². The predicted molar refractivity (Wildman–Crippen MR) is 71.0 cm³/mol. The summed E-state index contributed by atoms with van der Waals surface area (Å²) in [5.74, 6) is 0.106. The molecule has 1 aliphatic heterocycles. The van der Waals surface area contributed by atoms with Gasteiger partial charge in [-0.2, -0.15) is 0 Å². The van der Waals surface area contributed by atoms with E-state index in [1.54, 1.807) is 13.1 Å². The summed E-state index contributed by atoms with van der Waals surface area (Å²) in [6.07, 6.45) is 4.13. The number of rotatable bonds is 3. The summed E-state index contributed by atoms with van der Waals surface area (Å²) in [5, 5.41) is 0.988. The average Bonchev–Trinajstić information content (AvgIpc) is 2.78. The molecular weight excluding hydrogens is 234 g/mol. The molecule has 0 radical (unpaired) electrons. The van der Waals surface area contributed by atoms with Gasteiger partial charge in [-0.3, -0.25) is 4.79 Å². The normalized spacial score (nSPS) is 20.9. The molecule has 0 saturated carbocycles. The highest BCUT2D eigenvalue weighted by molar-refractivity contribution is 7.17. The Morgan fingerprint density at radius 1 is 1.59 bits per heavy atom. The Hall–Kier alpha value is -0.940.